The Balaban J connectivity index is 1.59. The fourth-order valence-electron chi connectivity index (χ4n) is 3.78. The Morgan fingerprint density at radius 3 is 2.31 bits per heavy atom. The number of amides is 1. The van der Waals surface area contributed by atoms with Gasteiger partial charge in [0.15, 0.2) is 11.5 Å². The summed E-state index contributed by atoms with van der Waals surface area (Å²) in [6, 6.07) is 20.0. The van der Waals surface area contributed by atoms with E-state index in [-0.39, 0.29) is 17.3 Å². The summed E-state index contributed by atoms with van der Waals surface area (Å²) in [6.07, 6.45) is 0. The lowest BCUT2D eigenvalue weighted by atomic mass is 10.1. The van der Waals surface area contributed by atoms with Crippen LogP contribution in [-0.4, -0.2) is 11.7 Å². The SMILES string of the molecule is Cc1ccc2c(C)c(C(=O)Nc3c(C(=O)c4ccc(Br)cc4)oc4ccccc34)oc2c1. The van der Waals surface area contributed by atoms with Gasteiger partial charge in [0.05, 0.1) is 5.69 Å². The zero-order valence-electron chi connectivity index (χ0n) is 17.4. The molecule has 1 N–H and O–H groups in total. The molecule has 2 heterocycles. The van der Waals surface area contributed by atoms with E-state index in [1.54, 1.807) is 30.3 Å². The summed E-state index contributed by atoms with van der Waals surface area (Å²) < 4.78 is 12.6. The molecule has 1 amide bonds. The second-order valence-corrected chi connectivity index (χ2v) is 8.56. The Morgan fingerprint density at radius 2 is 1.53 bits per heavy atom. The lowest BCUT2D eigenvalue weighted by Gasteiger charge is -2.05. The summed E-state index contributed by atoms with van der Waals surface area (Å²) in [5.74, 6) is -0.474. The first-order chi connectivity index (χ1) is 15.4. The van der Waals surface area contributed by atoms with Crippen LogP contribution in [0.15, 0.2) is 80.0 Å². The van der Waals surface area contributed by atoms with Gasteiger partial charge in [-0.25, -0.2) is 0 Å². The van der Waals surface area contributed by atoms with Crippen LogP contribution >= 0.6 is 15.9 Å². The topological polar surface area (TPSA) is 72.5 Å². The van der Waals surface area contributed by atoms with E-state index >= 15 is 0 Å². The Hall–Kier alpha value is -3.64. The lowest BCUT2D eigenvalue weighted by Crippen LogP contribution is -2.14. The second kappa shape index (κ2) is 7.80. The minimum atomic E-state index is -0.437. The Kier molecular flexibility index (Phi) is 4.94. The molecule has 0 fully saturated rings. The highest BCUT2D eigenvalue weighted by atomic mass is 79.9. The van der Waals surface area contributed by atoms with Gasteiger partial charge in [0, 0.05) is 26.4 Å². The number of hydrogen-bond donors (Lipinski definition) is 1. The van der Waals surface area contributed by atoms with E-state index in [0.29, 0.717) is 27.8 Å². The number of halogens is 1. The zero-order valence-corrected chi connectivity index (χ0v) is 18.9. The first-order valence-electron chi connectivity index (χ1n) is 10.1. The molecule has 5 nitrogen and oxygen atoms in total. The maximum atomic E-state index is 13.2. The van der Waals surface area contributed by atoms with Crippen LogP contribution in [0, 0.1) is 13.8 Å². The molecule has 0 radical (unpaired) electrons. The standard InChI is InChI=1S/C26H18BrNO4/c1-14-7-12-18-15(2)24(32-21(18)13-14)26(30)28-22-19-5-3-4-6-20(19)31-25(22)23(29)16-8-10-17(27)11-9-16/h3-13H,1-2H3,(H,28,30). The van der Waals surface area contributed by atoms with Gasteiger partial charge in [-0.15, -0.1) is 0 Å². The summed E-state index contributed by atoms with van der Waals surface area (Å²) in [5.41, 5.74) is 3.73. The van der Waals surface area contributed by atoms with Gasteiger partial charge in [-0.2, -0.15) is 0 Å². The molecule has 5 aromatic rings. The van der Waals surface area contributed by atoms with Crippen molar-refractivity contribution in [3.05, 3.63) is 99.4 Å². The van der Waals surface area contributed by atoms with Crippen molar-refractivity contribution in [1.29, 1.82) is 0 Å². The largest absolute Gasteiger partial charge is 0.451 e. The number of rotatable bonds is 4. The highest BCUT2D eigenvalue weighted by Gasteiger charge is 2.26. The third-order valence-corrected chi connectivity index (χ3v) is 5.98. The number of hydrogen-bond acceptors (Lipinski definition) is 4. The number of ketones is 1. The van der Waals surface area contributed by atoms with E-state index in [1.807, 2.05) is 50.2 Å². The van der Waals surface area contributed by atoms with E-state index in [1.165, 1.54) is 0 Å². The van der Waals surface area contributed by atoms with E-state index in [9.17, 15) is 9.59 Å². The summed E-state index contributed by atoms with van der Waals surface area (Å²) in [6.45, 7) is 3.81. The fourth-order valence-corrected chi connectivity index (χ4v) is 4.05. The predicted molar refractivity (Wildman–Crippen MR) is 127 cm³/mol. The average Bonchev–Trinajstić information content (AvgIpc) is 3.31. The number of anilines is 1. The van der Waals surface area contributed by atoms with Crippen LogP contribution in [0.1, 0.15) is 37.8 Å². The molecular formula is C26H18BrNO4. The molecule has 6 heteroatoms. The number of benzene rings is 3. The van der Waals surface area contributed by atoms with Gasteiger partial charge >= 0.3 is 0 Å². The van der Waals surface area contributed by atoms with E-state index in [0.717, 1.165) is 21.0 Å². The van der Waals surface area contributed by atoms with Crippen LogP contribution in [0.4, 0.5) is 5.69 Å². The third-order valence-electron chi connectivity index (χ3n) is 5.45. The molecule has 0 atom stereocenters. The van der Waals surface area contributed by atoms with Crippen LogP contribution in [0.25, 0.3) is 21.9 Å². The normalized spacial score (nSPS) is 11.2. The molecule has 0 saturated heterocycles. The van der Waals surface area contributed by atoms with Crippen LogP contribution < -0.4 is 5.32 Å². The number of carbonyl (C=O) groups excluding carboxylic acids is 2. The Bertz CT molecular complexity index is 1510. The van der Waals surface area contributed by atoms with Crippen molar-refractivity contribution in [2.24, 2.45) is 0 Å². The maximum absolute atomic E-state index is 13.2. The van der Waals surface area contributed by atoms with Crippen LogP contribution in [0.3, 0.4) is 0 Å². The molecule has 5 rings (SSSR count). The summed E-state index contributed by atoms with van der Waals surface area (Å²) in [7, 11) is 0. The molecule has 2 aromatic heterocycles. The van der Waals surface area contributed by atoms with Gasteiger partial charge < -0.3 is 14.2 Å². The van der Waals surface area contributed by atoms with E-state index in [4.69, 9.17) is 8.83 Å². The quantitative estimate of drug-likeness (QED) is 0.276. The van der Waals surface area contributed by atoms with Gasteiger partial charge in [0.1, 0.15) is 11.2 Å². The highest BCUT2D eigenvalue weighted by Crippen LogP contribution is 2.34. The molecule has 3 aromatic carbocycles. The van der Waals surface area contributed by atoms with Crippen molar-refractivity contribution in [2.75, 3.05) is 5.32 Å². The van der Waals surface area contributed by atoms with Crippen LogP contribution in [-0.2, 0) is 0 Å². The molecule has 0 aliphatic heterocycles. The zero-order chi connectivity index (χ0) is 22.4. The van der Waals surface area contributed by atoms with E-state index in [2.05, 4.69) is 21.2 Å². The fraction of sp³-hybridized carbons (Fsp3) is 0.0769. The highest BCUT2D eigenvalue weighted by molar-refractivity contribution is 9.10. The molecule has 0 spiro atoms. The summed E-state index contributed by atoms with van der Waals surface area (Å²) in [5, 5.41) is 4.39. The molecule has 0 aliphatic rings. The smallest absolute Gasteiger partial charge is 0.291 e. The van der Waals surface area contributed by atoms with Gasteiger partial charge in [-0.05, 0) is 61.9 Å². The molecule has 32 heavy (non-hydrogen) atoms. The lowest BCUT2D eigenvalue weighted by molar-refractivity contribution is 0.0997. The van der Waals surface area contributed by atoms with Crippen molar-refractivity contribution < 1.29 is 18.4 Å². The van der Waals surface area contributed by atoms with Gasteiger partial charge in [0.2, 0.25) is 5.78 Å². The van der Waals surface area contributed by atoms with Crippen molar-refractivity contribution >= 4 is 55.2 Å². The number of nitrogens with one attached hydrogen (secondary N) is 1. The molecular weight excluding hydrogens is 470 g/mol. The minimum Gasteiger partial charge on any atom is -0.451 e. The molecule has 0 unspecified atom stereocenters. The van der Waals surface area contributed by atoms with Crippen molar-refractivity contribution in [3.8, 4) is 0 Å². The Morgan fingerprint density at radius 1 is 0.812 bits per heavy atom. The van der Waals surface area contributed by atoms with E-state index < -0.39 is 5.91 Å². The van der Waals surface area contributed by atoms with Crippen LogP contribution in [0.5, 0.6) is 0 Å². The molecule has 0 bridgehead atoms. The number of fused-ring (bicyclic) bond motifs is 2. The number of carbonyl (C=O) groups is 2. The van der Waals surface area contributed by atoms with Gasteiger partial charge in [-0.1, -0.05) is 40.2 Å². The summed E-state index contributed by atoms with van der Waals surface area (Å²) in [4.78, 5) is 26.5. The number of aryl methyl sites for hydroxylation is 2. The van der Waals surface area contributed by atoms with Crippen molar-refractivity contribution in [3.63, 3.8) is 0 Å². The molecule has 0 aliphatic carbocycles. The number of para-hydroxylation sites is 1. The first kappa shape index (κ1) is 20.3. The second-order valence-electron chi connectivity index (χ2n) is 7.65. The minimum absolute atomic E-state index is 0.0754. The molecule has 158 valence electrons. The molecule has 0 saturated carbocycles. The monoisotopic (exact) mass is 487 g/mol. The predicted octanol–water partition coefficient (Wildman–Crippen LogP) is 7.04. The third kappa shape index (κ3) is 3.42. The maximum Gasteiger partial charge on any atom is 0.291 e. The van der Waals surface area contributed by atoms with Gasteiger partial charge in [-0.3, -0.25) is 9.59 Å². The summed E-state index contributed by atoms with van der Waals surface area (Å²) >= 11 is 3.38. The first-order valence-corrected chi connectivity index (χ1v) is 10.8. The Labute approximate surface area is 192 Å². The number of furan rings is 2. The van der Waals surface area contributed by atoms with Crippen molar-refractivity contribution in [1.82, 2.24) is 0 Å². The average molecular weight is 488 g/mol. The van der Waals surface area contributed by atoms with Crippen LogP contribution in [0.2, 0.25) is 0 Å². The van der Waals surface area contributed by atoms with Gasteiger partial charge in [0.25, 0.3) is 5.91 Å². The van der Waals surface area contributed by atoms with Crippen molar-refractivity contribution in [2.45, 2.75) is 13.8 Å².